The minimum absolute atomic E-state index is 0.412. The molecule has 1 N–H and O–H groups in total. The molecule has 90 valence electrons. The Bertz CT molecular complexity index is 334. The Hall–Kier alpha value is -1.02. The Morgan fingerprint density at radius 2 is 2.00 bits per heavy atom. The Morgan fingerprint density at radius 1 is 1.31 bits per heavy atom. The highest BCUT2D eigenvalue weighted by atomic mass is 16.5. The van der Waals surface area contributed by atoms with Crippen molar-refractivity contribution in [3.8, 4) is 5.75 Å². The summed E-state index contributed by atoms with van der Waals surface area (Å²) >= 11 is 0. The molecule has 0 radical (unpaired) electrons. The summed E-state index contributed by atoms with van der Waals surface area (Å²) in [6, 6.07) is 6.86. The van der Waals surface area contributed by atoms with Gasteiger partial charge in [0, 0.05) is 6.04 Å². The van der Waals surface area contributed by atoms with Crippen LogP contribution in [-0.4, -0.2) is 14.2 Å². The predicted octanol–water partition coefficient (Wildman–Crippen LogP) is 3.31. The highest BCUT2D eigenvalue weighted by molar-refractivity contribution is 5.37. The summed E-state index contributed by atoms with van der Waals surface area (Å²) in [7, 11) is 3.74. The van der Waals surface area contributed by atoms with Crippen molar-refractivity contribution in [3.05, 3.63) is 29.3 Å². The molecule has 0 aromatic heterocycles. The van der Waals surface area contributed by atoms with Crippen LogP contribution < -0.4 is 10.1 Å². The Morgan fingerprint density at radius 3 is 2.50 bits per heavy atom. The Labute approximate surface area is 99.0 Å². The van der Waals surface area contributed by atoms with Crippen LogP contribution in [0.25, 0.3) is 0 Å². The van der Waals surface area contributed by atoms with Crippen LogP contribution in [0.1, 0.15) is 37.4 Å². The summed E-state index contributed by atoms with van der Waals surface area (Å²) in [6.07, 6.45) is 1.14. The van der Waals surface area contributed by atoms with Gasteiger partial charge >= 0.3 is 0 Å². The zero-order valence-electron chi connectivity index (χ0n) is 11.0. The van der Waals surface area contributed by atoms with Crippen molar-refractivity contribution in [2.75, 3.05) is 14.2 Å². The molecule has 0 amide bonds. The van der Waals surface area contributed by atoms with Crippen LogP contribution in [0.4, 0.5) is 0 Å². The molecule has 1 aromatic rings. The molecule has 0 saturated carbocycles. The Kier molecular flexibility index (Phi) is 4.81. The van der Waals surface area contributed by atoms with Crippen LogP contribution >= 0.6 is 0 Å². The lowest BCUT2D eigenvalue weighted by Crippen LogP contribution is -2.18. The van der Waals surface area contributed by atoms with E-state index in [1.54, 1.807) is 7.11 Å². The molecule has 1 atom stereocenters. The van der Waals surface area contributed by atoms with Gasteiger partial charge in [-0.05, 0) is 43.5 Å². The molecule has 1 aromatic carbocycles. The van der Waals surface area contributed by atoms with Gasteiger partial charge in [-0.3, -0.25) is 0 Å². The van der Waals surface area contributed by atoms with E-state index in [4.69, 9.17) is 4.74 Å². The van der Waals surface area contributed by atoms with Crippen LogP contribution in [0, 0.1) is 12.8 Å². The summed E-state index contributed by atoms with van der Waals surface area (Å²) < 4.78 is 5.36. The van der Waals surface area contributed by atoms with Gasteiger partial charge in [-0.1, -0.05) is 26.0 Å². The topological polar surface area (TPSA) is 21.3 Å². The van der Waals surface area contributed by atoms with Gasteiger partial charge < -0.3 is 10.1 Å². The van der Waals surface area contributed by atoms with Crippen LogP contribution in [0.3, 0.4) is 0 Å². The van der Waals surface area contributed by atoms with Crippen molar-refractivity contribution >= 4 is 0 Å². The highest BCUT2D eigenvalue weighted by Crippen LogP contribution is 2.26. The van der Waals surface area contributed by atoms with Gasteiger partial charge in [-0.25, -0.2) is 0 Å². The molecule has 16 heavy (non-hydrogen) atoms. The van der Waals surface area contributed by atoms with E-state index in [1.807, 2.05) is 7.05 Å². The first-order valence-electron chi connectivity index (χ1n) is 5.90. The Balaban J connectivity index is 2.92. The molecule has 0 aliphatic heterocycles. The van der Waals surface area contributed by atoms with Gasteiger partial charge in [0.2, 0.25) is 0 Å². The van der Waals surface area contributed by atoms with E-state index in [1.165, 1.54) is 11.1 Å². The van der Waals surface area contributed by atoms with Gasteiger partial charge in [0.05, 0.1) is 7.11 Å². The number of aryl methyl sites for hydroxylation is 1. The van der Waals surface area contributed by atoms with E-state index in [2.05, 4.69) is 44.3 Å². The number of nitrogens with one attached hydrogen (secondary N) is 1. The van der Waals surface area contributed by atoms with E-state index in [9.17, 15) is 0 Å². The molecule has 0 fully saturated rings. The third-order valence-corrected chi connectivity index (χ3v) is 2.89. The fraction of sp³-hybridized carbons (Fsp3) is 0.571. The predicted molar refractivity (Wildman–Crippen MR) is 69.0 cm³/mol. The lowest BCUT2D eigenvalue weighted by Gasteiger charge is -2.20. The third kappa shape index (κ3) is 3.24. The van der Waals surface area contributed by atoms with Crippen molar-refractivity contribution in [1.82, 2.24) is 5.32 Å². The standard InChI is InChI=1S/C14H23NO/c1-10(2)8-13(15-4)12-7-6-11(3)14(9-12)16-5/h6-7,9-10,13,15H,8H2,1-5H3. The molecular formula is C14H23NO. The molecule has 0 aliphatic rings. The number of rotatable bonds is 5. The van der Waals surface area contributed by atoms with Gasteiger partial charge in [0.15, 0.2) is 0 Å². The van der Waals surface area contributed by atoms with Crippen LogP contribution in [0.5, 0.6) is 5.75 Å². The average molecular weight is 221 g/mol. The van der Waals surface area contributed by atoms with E-state index in [-0.39, 0.29) is 0 Å². The summed E-state index contributed by atoms with van der Waals surface area (Å²) in [4.78, 5) is 0. The van der Waals surface area contributed by atoms with Gasteiger partial charge in [0.25, 0.3) is 0 Å². The molecule has 0 aliphatic carbocycles. The summed E-state index contributed by atoms with van der Waals surface area (Å²) in [6.45, 7) is 6.56. The van der Waals surface area contributed by atoms with Gasteiger partial charge in [0.1, 0.15) is 5.75 Å². The maximum atomic E-state index is 5.36. The number of hydrogen-bond acceptors (Lipinski definition) is 2. The number of benzene rings is 1. The molecule has 0 saturated heterocycles. The molecule has 0 bridgehead atoms. The largest absolute Gasteiger partial charge is 0.496 e. The number of hydrogen-bond donors (Lipinski definition) is 1. The van der Waals surface area contributed by atoms with E-state index in [0.29, 0.717) is 12.0 Å². The van der Waals surface area contributed by atoms with E-state index >= 15 is 0 Å². The SMILES string of the molecule is CNC(CC(C)C)c1ccc(C)c(OC)c1. The zero-order chi connectivity index (χ0) is 12.1. The fourth-order valence-corrected chi connectivity index (χ4v) is 1.95. The van der Waals surface area contributed by atoms with Crippen molar-refractivity contribution in [3.63, 3.8) is 0 Å². The average Bonchev–Trinajstić information content (AvgIpc) is 2.26. The van der Waals surface area contributed by atoms with Crippen LogP contribution in [0.15, 0.2) is 18.2 Å². The number of ether oxygens (including phenoxy) is 1. The third-order valence-electron chi connectivity index (χ3n) is 2.89. The second-order valence-electron chi connectivity index (χ2n) is 4.70. The van der Waals surface area contributed by atoms with Crippen molar-refractivity contribution < 1.29 is 4.74 Å². The minimum Gasteiger partial charge on any atom is -0.496 e. The molecular weight excluding hydrogens is 198 g/mol. The van der Waals surface area contributed by atoms with Crippen molar-refractivity contribution in [2.45, 2.75) is 33.2 Å². The molecule has 0 heterocycles. The smallest absolute Gasteiger partial charge is 0.122 e. The molecule has 1 rings (SSSR count). The van der Waals surface area contributed by atoms with E-state index < -0.39 is 0 Å². The lowest BCUT2D eigenvalue weighted by molar-refractivity contribution is 0.407. The highest BCUT2D eigenvalue weighted by Gasteiger charge is 2.12. The molecule has 2 heteroatoms. The monoisotopic (exact) mass is 221 g/mol. The molecule has 0 spiro atoms. The first kappa shape index (κ1) is 13.0. The molecule has 2 nitrogen and oxygen atoms in total. The fourth-order valence-electron chi connectivity index (χ4n) is 1.95. The van der Waals surface area contributed by atoms with Crippen LogP contribution in [0.2, 0.25) is 0 Å². The van der Waals surface area contributed by atoms with E-state index in [0.717, 1.165) is 12.2 Å². The van der Waals surface area contributed by atoms with Gasteiger partial charge in [-0.15, -0.1) is 0 Å². The first-order chi connectivity index (χ1) is 7.58. The maximum absolute atomic E-state index is 5.36. The van der Waals surface area contributed by atoms with Gasteiger partial charge in [-0.2, -0.15) is 0 Å². The second kappa shape index (κ2) is 5.90. The number of methoxy groups -OCH3 is 1. The summed E-state index contributed by atoms with van der Waals surface area (Å²) in [5, 5.41) is 3.36. The lowest BCUT2D eigenvalue weighted by atomic mass is 9.96. The quantitative estimate of drug-likeness (QED) is 0.823. The molecule has 1 unspecified atom stereocenters. The second-order valence-corrected chi connectivity index (χ2v) is 4.70. The van der Waals surface area contributed by atoms with Crippen molar-refractivity contribution in [1.29, 1.82) is 0 Å². The minimum atomic E-state index is 0.412. The summed E-state index contributed by atoms with van der Waals surface area (Å²) in [5.74, 6) is 1.66. The maximum Gasteiger partial charge on any atom is 0.122 e. The first-order valence-corrected chi connectivity index (χ1v) is 5.90. The van der Waals surface area contributed by atoms with Crippen LogP contribution in [-0.2, 0) is 0 Å². The normalized spacial score (nSPS) is 12.9. The summed E-state index contributed by atoms with van der Waals surface area (Å²) in [5.41, 5.74) is 2.49. The zero-order valence-corrected chi connectivity index (χ0v) is 11.0. The van der Waals surface area contributed by atoms with Crippen molar-refractivity contribution in [2.24, 2.45) is 5.92 Å².